The molecule has 6 nitrogen and oxygen atoms in total. The van der Waals surface area contributed by atoms with Crippen LogP contribution in [0.4, 0.5) is 0 Å². The smallest absolute Gasteiger partial charge is 0.262 e. The molecule has 0 aliphatic rings. The zero-order valence-corrected chi connectivity index (χ0v) is 19.4. The summed E-state index contributed by atoms with van der Waals surface area (Å²) in [5, 5.41) is 10.9. The lowest BCUT2D eigenvalue weighted by Gasteiger charge is -2.12. The summed E-state index contributed by atoms with van der Waals surface area (Å²) in [6.07, 6.45) is 0.894. The minimum Gasteiger partial charge on any atom is -0.379 e. The van der Waals surface area contributed by atoms with E-state index in [1.807, 2.05) is 67.6 Å². The van der Waals surface area contributed by atoms with Gasteiger partial charge in [-0.05, 0) is 57.0 Å². The van der Waals surface area contributed by atoms with Gasteiger partial charge in [-0.25, -0.2) is 0 Å². The number of thioether (sulfide) groups is 1. The molecular weight excluding hydrogens is 432 g/mol. The second kappa shape index (κ2) is 9.42. The van der Waals surface area contributed by atoms with Crippen LogP contribution < -0.4 is 5.56 Å². The van der Waals surface area contributed by atoms with Gasteiger partial charge in [0.2, 0.25) is 5.78 Å². The van der Waals surface area contributed by atoms with Crippen molar-refractivity contribution in [1.82, 2.24) is 19.2 Å². The molecule has 0 saturated heterocycles. The van der Waals surface area contributed by atoms with Crippen molar-refractivity contribution in [2.45, 2.75) is 50.8 Å². The number of nitrogens with zero attached hydrogens (tertiary/aromatic N) is 4. The monoisotopic (exact) mass is 456 g/mol. The van der Waals surface area contributed by atoms with Gasteiger partial charge >= 0.3 is 0 Å². The lowest BCUT2D eigenvalue weighted by Crippen LogP contribution is -2.24. The van der Waals surface area contributed by atoms with Crippen LogP contribution in [0.2, 0.25) is 5.02 Å². The lowest BCUT2D eigenvalue weighted by atomic mass is 10.1. The molecule has 0 bridgehead atoms. The van der Waals surface area contributed by atoms with Crippen LogP contribution in [0.25, 0.3) is 16.7 Å². The highest BCUT2D eigenvalue weighted by Gasteiger charge is 2.17. The van der Waals surface area contributed by atoms with E-state index in [1.165, 1.54) is 0 Å². The Bertz CT molecular complexity index is 1260. The van der Waals surface area contributed by atoms with Crippen LogP contribution in [-0.4, -0.2) is 31.9 Å². The van der Waals surface area contributed by atoms with E-state index in [0.717, 1.165) is 34.0 Å². The number of benzene rings is 2. The van der Waals surface area contributed by atoms with E-state index in [9.17, 15) is 4.79 Å². The fraction of sp³-hybridized carbons (Fsp3) is 0.348. The second-order valence-corrected chi connectivity index (χ2v) is 9.16. The first-order valence-corrected chi connectivity index (χ1v) is 11.7. The summed E-state index contributed by atoms with van der Waals surface area (Å²) in [6, 6.07) is 13.7. The van der Waals surface area contributed by atoms with Crippen LogP contribution in [0.15, 0.2) is 52.4 Å². The van der Waals surface area contributed by atoms with Gasteiger partial charge in [-0.3, -0.25) is 13.8 Å². The third-order valence-corrected chi connectivity index (χ3v) is 6.24. The molecule has 4 aromatic rings. The molecule has 0 saturated carbocycles. The number of halogens is 1. The van der Waals surface area contributed by atoms with E-state index in [0.29, 0.717) is 29.3 Å². The van der Waals surface area contributed by atoms with Crippen LogP contribution in [0, 0.1) is 6.92 Å². The van der Waals surface area contributed by atoms with Crippen LogP contribution in [-0.2, 0) is 17.0 Å². The molecule has 162 valence electrons. The maximum Gasteiger partial charge on any atom is 0.262 e. The van der Waals surface area contributed by atoms with E-state index < -0.39 is 0 Å². The van der Waals surface area contributed by atoms with Crippen molar-refractivity contribution in [3.05, 3.63) is 69.0 Å². The van der Waals surface area contributed by atoms with Crippen molar-refractivity contribution >= 4 is 40.0 Å². The molecule has 2 aromatic heterocycles. The van der Waals surface area contributed by atoms with E-state index in [-0.39, 0.29) is 11.7 Å². The van der Waals surface area contributed by atoms with Crippen molar-refractivity contribution in [2.75, 3.05) is 6.61 Å². The third kappa shape index (κ3) is 4.79. The van der Waals surface area contributed by atoms with Gasteiger partial charge in [0, 0.05) is 23.9 Å². The van der Waals surface area contributed by atoms with Crippen LogP contribution in [0.1, 0.15) is 31.4 Å². The molecule has 0 atom stereocenters. The molecule has 0 N–H and O–H groups in total. The Morgan fingerprint density at radius 1 is 1.13 bits per heavy atom. The lowest BCUT2D eigenvalue weighted by molar-refractivity contribution is 0.0748. The van der Waals surface area contributed by atoms with E-state index >= 15 is 0 Å². The van der Waals surface area contributed by atoms with E-state index in [2.05, 4.69) is 10.2 Å². The molecule has 2 heterocycles. The van der Waals surface area contributed by atoms with Crippen LogP contribution in [0.3, 0.4) is 0 Å². The van der Waals surface area contributed by atoms with Gasteiger partial charge in [-0.15, -0.1) is 10.2 Å². The summed E-state index contributed by atoms with van der Waals surface area (Å²) in [5.74, 6) is 1.29. The van der Waals surface area contributed by atoms with Gasteiger partial charge < -0.3 is 4.74 Å². The fourth-order valence-electron chi connectivity index (χ4n) is 3.47. The molecule has 0 aliphatic heterocycles. The normalized spacial score (nSPS) is 11.8. The fourth-order valence-corrected chi connectivity index (χ4v) is 4.49. The van der Waals surface area contributed by atoms with Gasteiger partial charge in [-0.2, -0.15) is 0 Å². The summed E-state index contributed by atoms with van der Waals surface area (Å²) < 4.78 is 9.35. The first-order valence-electron chi connectivity index (χ1n) is 10.3. The molecule has 0 fully saturated rings. The average molecular weight is 457 g/mol. The molecule has 2 aromatic carbocycles. The number of ether oxygens (including phenoxy) is 1. The number of aromatic nitrogens is 4. The molecule has 0 aliphatic carbocycles. The predicted molar refractivity (Wildman–Crippen MR) is 126 cm³/mol. The first-order chi connectivity index (χ1) is 14.9. The highest BCUT2D eigenvalue weighted by atomic mass is 35.5. The van der Waals surface area contributed by atoms with Gasteiger partial charge in [0.15, 0.2) is 5.16 Å². The highest BCUT2D eigenvalue weighted by Crippen LogP contribution is 2.25. The first kappa shape index (κ1) is 21.9. The summed E-state index contributed by atoms with van der Waals surface area (Å²) in [7, 11) is 0. The second-order valence-electron chi connectivity index (χ2n) is 7.78. The van der Waals surface area contributed by atoms with Crippen LogP contribution in [0.5, 0.6) is 0 Å². The average Bonchev–Trinajstić information content (AvgIpc) is 3.16. The Labute approximate surface area is 190 Å². The Morgan fingerprint density at radius 3 is 2.65 bits per heavy atom. The molecule has 0 spiro atoms. The zero-order valence-electron chi connectivity index (χ0n) is 17.8. The van der Waals surface area contributed by atoms with Crippen molar-refractivity contribution in [2.24, 2.45) is 0 Å². The van der Waals surface area contributed by atoms with Crippen molar-refractivity contribution in [3.63, 3.8) is 0 Å². The van der Waals surface area contributed by atoms with Gasteiger partial charge in [0.1, 0.15) is 0 Å². The summed E-state index contributed by atoms with van der Waals surface area (Å²) >= 11 is 7.58. The van der Waals surface area contributed by atoms with Crippen molar-refractivity contribution in [1.29, 1.82) is 0 Å². The molecule has 0 amide bonds. The minimum atomic E-state index is -0.0441. The quantitative estimate of drug-likeness (QED) is 0.272. The molecule has 31 heavy (non-hydrogen) atoms. The molecule has 0 unspecified atom stereocenters. The molecule has 0 radical (unpaired) electrons. The van der Waals surface area contributed by atoms with E-state index in [4.69, 9.17) is 16.3 Å². The third-order valence-electron chi connectivity index (χ3n) is 4.98. The van der Waals surface area contributed by atoms with E-state index in [1.54, 1.807) is 16.3 Å². The summed E-state index contributed by atoms with van der Waals surface area (Å²) in [5.41, 5.74) is 2.97. The standard InChI is InChI=1S/C23H25ClN4O2S/c1-15(2)30-12-4-11-27-21(29)19-13-16(3)5-10-20(19)28-22(27)25-26-23(28)31-14-17-6-8-18(24)9-7-17/h5-10,13,15H,4,11-12,14H2,1-3H3. The number of aryl methyl sites for hydroxylation is 2. The summed E-state index contributed by atoms with van der Waals surface area (Å²) in [4.78, 5) is 13.3. The Kier molecular flexibility index (Phi) is 6.65. The summed E-state index contributed by atoms with van der Waals surface area (Å²) in [6.45, 7) is 7.12. The number of hydrogen-bond acceptors (Lipinski definition) is 5. The number of hydrogen-bond donors (Lipinski definition) is 0. The maximum absolute atomic E-state index is 13.3. The highest BCUT2D eigenvalue weighted by molar-refractivity contribution is 7.98. The maximum atomic E-state index is 13.3. The Balaban J connectivity index is 1.73. The topological polar surface area (TPSA) is 61.4 Å². The van der Waals surface area contributed by atoms with Crippen molar-refractivity contribution in [3.8, 4) is 0 Å². The number of fused-ring (bicyclic) bond motifs is 3. The number of rotatable bonds is 8. The van der Waals surface area contributed by atoms with Gasteiger partial charge in [0.05, 0.1) is 17.0 Å². The van der Waals surface area contributed by atoms with Crippen molar-refractivity contribution < 1.29 is 4.74 Å². The zero-order chi connectivity index (χ0) is 22.0. The van der Waals surface area contributed by atoms with Gasteiger partial charge in [0.25, 0.3) is 5.56 Å². The minimum absolute atomic E-state index is 0.0441. The predicted octanol–water partition coefficient (Wildman–Crippen LogP) is 5.11. The molecule has 8 heteroatoms. The van der Waals surface area contributed by atoms with Gasteiger partial charge in [-0.1, -0.05) is 47.1 Å². The SMILES string of the molecule is Cc1ccc2c(c1)c(=O)n(CCCOC(C)C)c1nnc(SCc3ccc(Cl)cc3)n21. The molecular formula is C23H25ClN4O2S. The largest absolute Gasteiger partial charge is 0.379 e. The Hall–Kier alpha value is -2.35. The Morgan fingerprint density at radius 2 is 1.90 bits per heavy atom. The molecule has 4 rings (SSSR count). The van der Waals surface area contributed by atoms with Crippen LogP contribution >= 0.6 is 23.4 Å².